The van der Waals surface area contributed by atoms with Crippen molar-refractivity contribution in [3.05, 3.63) is 40.2 Å². The molecule has 0 atom stereocenters. The maximum absolute atomic E-state index is 5.77. The molecule has 1 aromatic rings. The Balaban J connectivity index is 0.000000561. The molecular formula is C8H7BrCl2Zn. The number of aryl methyl sites for hydroxylation is 1. The summed E-state index contributed by atoms with van der Waals surface area (Å²) in [5.41, 5.74) is 1.76. The summed E-state index contributed by atoms with van der Waals surface area (Å²) in [6.45, 7) is 5.64. The molecule has 4 heteroatoms. The Morgan fingerprint density at radius 2 is 1.58 bits per heavy atom. The Bertz CT molecular complexity index is 240. The first-order valence-corrected chi connectivity index (χ1v) is 10.9. The van der Waals surface area contributed by atoms with Gasteiger partial charge in [0.1, 0.15) is 0 Å². The van der Waals surface area contributed by atoms with Crippen LogP contribution >= 0.6 is 36.8 Å². The zero-order chi connectivity index (χ0) is 9.72. The first-order chi connectivity index (χ1) is 5.61. The third-order valence-corrected chi connectivity index (χ3v) is 1.96. The second-order valence-electron chi connectivity index (χ2n) is 2.21. The summed E-state index contributed by atoms with van der Waals surface area (Å²) in [6.07, 6.45) is 0. The van der Waals surface area contributed by atoms with Gasteiger partial charge in [0, 0.05) is 0 Å². The summed E-state index contributed by atoms with van der Waals surface area (Å²) in [7, 11) is 0. The van der Waals surface area contributed by atoms with Gasteiger partial charge in [-0.25, -0.2) is 0 Å². The van der Waals surface area contributed by atoms with E-state index < -0.39 is 0 Å². The molecule has 0 aliphatic carbocycles. The first kappa shape index (κ1) is 12.8. The second-order valence-corrected chi connectivity index (χ2v) is 3.02. The van der Waals surface area contributed by atoms with Crippen LogP contribution in [0.3, 0.4) is 0 Å². The van der Waals surface area contributed by atoms with Gasteiger partial charge < -0.3 is 0 Å². The van der Waals surface area contributed by atoms with Gasteiger partial charge in [0.05, 0.1) is 0 Å². The van der Waals surface area contributed by atoms with Crippen molar-refractivity contribution < 1.29 is 16.3 Å². The van der Waals surface area contributed by atoms with E-state index in [1.807, 2.05) is 19.1 Å². The van der Waals surface area contributed by atoms with Crippen LogP contribution in [0, 0.1) is 13.8 Å². The van der Waals surface area contributed by atoms with Crippen LogP contribution in [-0.2, 0) is 16.3 Å². The van der Waals surface area contributed by atoms with Gasteiger partial charge in [-0.3, -0.25) is 0 Å². The van der Waals surface area contributed by atoms with E-state index >= 15 is 0 Å². The van der Waals surface area contributed by atoms with Gasteiger partial charge in [-0.15, -0.1) is 0 Å². The molecule has 62 valence electrons. The number of hydrogen-bond donors (Lipinski definition) is 0. The Hall–Kier alpha value is 0.773. The molecule has 0 radical (unpaired) electrons. The first-order valence-electron chi connectivity index (χ1n) is 3.15. The SMILES string of the molecule is [CH2-]c1c(Cl)cc(C)cc1Cl.[Zn+][Br]. The molecule has 0 aliphatic heterocycles. The van der Waals surface area contributed by atoms with E-state index in [0.29, 0.717) is 15.6 Å². The summed E-state index contributed by atoms with van der Waals surface area (Å²) in [4.78, 5) is 0. The van der Waals surface area contributed by atoms with Crippen LogP contribution in [0.15, 0.2) is 12.1 Å². The fourth-order valence-electron chi connectivity index (χ4n) is 0.730. The fourth-order valence-corrected chi connectivity index (χ4v) is 1.33. The maximum atomic E-state index is 5.77. The topological polar surface area (TPSA) is 0 Å². The molecule has 0 amide bonds. The normalized spacial score (nSPS) is 8.83. The third-order valence-electron chi connectivity index (χ3n) is 1.29. The molecule has 0 spiro atoms. The summed E-state index contributed by atoms with van der Waals surface area (Å²) in [5.74, 6) is 0. The Labute approximate surface area is 99.7 Å². The molecule has 1 aromatic carbocycles. The molecule has 0 unspecified atom stereocenters. The van der Waals surface area contributed by atoms with Crippen molar-refractivity contribution in [3.63, 3.8) is 0 Å². The molecule has 0 fully saturated rings. The van der Waals surface area contributed by atoms with Gasteiger partial charge in [-0.2, -0.15) is 35.7 Å². The molecule has 1 rings (SSSR count). The van der Waals surface area contributed by atoms with Gasteiger partial charge in [0.2, 0.25) is 0 Å². The van der Waals surface area contributed by atoms with Crippen molar-refractivity contribution in [2.75, 3.05) is 0 Å². The average molecular weight is 319 g/mol. The number of benzene rings is 1. The standard InChI is InChI=1S/C8H7Cl2.BrH.Zn/c1-5-3-7(9)6(2)8(10)4-5;;/h3-4H,2H2,1H3;1H;/q-1;;+2/p-1. The van der Waals surface area contributed by atoms with E-state index in [-0.39, 0.29) is 0 Å². The van der Waals surface area contributed by atoms with Gasteiger partial charge in [-0.1, -0.05) is 27.7 Å². The zero-order valence-corrected chi connectivity index (χ0v) is 12.8. The van der Waals surface area contributed by atoms with Crippen LogP contribution in [0.5, 0.6) is 0 Å². The minimum absolute atomic E-state index is 0.630. The average Bonchev–Trinajstić information content (AvgIpc) is 2.04. The monoisotopic (exact) mass is 316 g/mol. The van der Waals surface area contributed by atoms with Crippen LogP contribution in [0.4, 0.5) is 0 Å². The van der Waals surface area contributed by atoms with Gasteiger partial charge in [-0.05, 0) is 6.92 Å². The quantitative estimate of drug-likeness (QED) is 0.493. The fraction of sp³-hybridized carbons (Fsp3) is 0.125. The predicted molar refractivity (Wildman–Crippen MR) is 54.6 cm³/mol. The summed E-state index contributed by atoms with van der Waals surface area (Å²) in [5, 5.41) is 1.26. The van der Waals surface area contributed by atoms with Crippen molar-refractivity contribution in [1.82, 2.24) is 0 Å². The molecule has 0 heterocycles. The Kier molecular flexibility index (Phi) is 6.66. The van der Waals surface area contributed by atoms with Gasteiger partial charge in [0.15, 0.2) is 0 Å². The molecule has 0 saturated heterocycles. The third kappa shape index (κ3) is 3.66. The number of halogens is 3. The van der Waals surface area contributed by atoms with E-state index in [0.717, 1.165) is 5.56 Å². The summed E-state index contributed by atoms with van der Waals surface area (Å²) >= 11 is 15.8. The van der Waals surface area contributed by atoms with Gasteiger partial charge >= 0.3 is 30.0 Å². The molecule has 0 bridgehead atoms. The van der Waals surface area contributed by atoms with E-state index in [4.69, 9.17) is 23.2 Å². The Morgan fingerprint density at radius 1 is 1.25 bits per heavy atom. The minimum atomic E-state index is 0.630. The van der Waals surface area contributed by atoms with E-state index in [1.54, 1.807) is 0 Å². The molecule has 0 N–H and O–H groups in total. The molecule has 12 heavy (non-hydrogen) atoms. The van der Waals surface area contributed by atoms with Gasteiger partial charge in [0.25, 0.3) is 0 Å². The zero-order valence-electron chi connectivity index (χ0n) is 6.70. The number of rotatable bonds is 0. The van der Waals surface area contributed by atoms with E-state index in [9.17, 15) is 0 Å². The van der Waals surface area contributed by atoms with Crippen LogP contribution in [0.1, 0.15) is 11.1 Å². The van der Waals surface area contributed by atoms with Crippen LogP contribution in [-0.4, -0.2) is 0 Å². The summed E-state index contributed by atoms with van der Waals surface area (Å²) < 4.78 is 0. The predicted octanol–water partition coefficient (Wildman–Crippen LogP) is 4.33. The molecule has 0 nitrogen and oxygen atoms in total. The Morgan fingerprint density at radius 3 is 1.92 bits per heavy atom. The molecule has 0 saturated carbocycles. The van der Waals surface area contributed by atoms with E-state index in [2.05, 4.69) is 20.5 Å². The second kappa shape index (κ2) is 6.26. The molecule has 0 aromatic heterocycles. The van der Waals surface area contributed by atoms with Crippen LogP contribution < -0.4 is 0 Å². The molecular weight excluding hydrogens is 312 g/mol. The van der Waals surface area contributed by atoms with Crippen LogP contribution in [0.2, 0.25) is 10.0 Å². The van der Waals surface area contributed by atoms with Crippen molar-refractivity contribution in [3.8, 4) is 0 Å². The van der Waals surface area contributed by atoms with Crippen molar-refractivity contribution >= 4 is 36.8 Å². The van der Waals surface area contributed by atoms with E-state index in [1.165, 1.54) is 16.3 Å². The molecule has 0 aliphatic rings. The van der Waals surface area contributed by atoms with Crippen molar-refractivity contribution in [2.45, 2.75) is 6.92 Å². The van der Waals surface area contributed by atoms with Crippen molar-refractivity contribution in [1.29, 1.82) is 0 Å². The summed E-state index contributed by atoms with van der Waals surface area (Å²) in [6, 6.07) is 3.69. The van der Waals surface area contributed by atoms with Crippen LogP contribution in [0.25, 0.3) is 0 Å². The number of hydrogen-bond acceptors (Lipinski definition) is 0. The van der Waals surface area contributed by atoms with Crippen molar-refractivity contribution in [2.24, 2.45) is 0 Å².